The highest BCUT2D eigenvalue weighted by molar-refractivity contribution is 7.07. The molecule has 20 heavy (non-hydrogen) atoms. The average Bonchev–Trinajstić information content (AvgIpc) is 3.15. The second-order valence-corrected chi connectivity index (χ2v) is 5.68. The number of rotatable bonds is 4. The highest BCUT2D eigenvalue weighted by atomic mass is 32.1. The van der Waals surface area contributed by atoms with Crippen LogP contribution in [0.3, 0.4) is 0 Å². The summed E-state index contributed by atoms with van der Waals surface area (Å²) >= 11 is 1.68. The lowest BCUT2D eigenvalue weighted by atomic mass is 10.1. The van der Waals surface area contributed by atoms with Gasteiger partial charge < -0.3 is 9.64 Å². The number of benzene rings is 1. The molecule has 3 rings (SSSR count). The van der Waals surface area contributed by atoms with E-state index >= 15 is 0 Å². The third-order valence-electron chi connectivity index (χ3n) is 3.61. The van der Waals surface area contributed by atoms with Crippen LogP contribution in [0.1, 0.15) is 24.4 Å². The zero-order valence-corrected chi connectivity index (χ0v) is 12.0. The van der Waals surface area contributed by atoms with Crippen LogP contribution in [0.4, 0.5) is 0 Å². The minimum Gasteiger partial charge on any atom is -0.484 e. The third kappa shape index (κ3) is 2.85. The maximum atomic E-state index is 12.3. The van der Waals surface area contributed by atoms with E-state index < -0.39 is 0 Å². The molecule has 1 aromatic carbocycles. The summed E-state index contributed by atoms with van der Waals surface area (Å²) in [6.07, 6.45) is 2.12. The molecule has 1 unspecified atom stereocenters. The number of hydrogen-bond acceptors (Lipinski definition) is 3. The van der Waals surface area contributed by atoms with Gasteiger partial charge in [-0.25, -0.2) is 0 Å². The Bertz CT molecular complexity index is 553. The van der Waals surface area contributed by atoms with Crippen LogP contribution in [0.15, 0.2) is 47.2 Å². The van der Waals surface area contributed by atoms with Crippen molar-refractivity contribution in [1.82, 2.24) is 4.90 Å². The second-order valence-electron chi connectivity index (χ2n) is 4.90. The molecule has 0 saturated carbocycles. The van der Waals surface area contributed by atoms with Gasteiger partial charge in [-0.2, -0.15) is 11.3 Å². The summed E-state index contributed by atoms with van der Waals surface area (Å²) in [4.78, 5) is 14.3. The van der Waals surface area contributed by atoms with Crippen molar-refractivity contribution < 1.29 is 9.53 Å². The fourth-order valence-corrected chi connectivity index (χ4v) is 3.33. The molecule has 0 spiro atoms. The lowest BCUT2D eigenvalue weighted by Crippen LogP contribution is -2.34. The standard InChI is InChI=1S/C16H17NO2S/c18-16(11-19-14-5-2-1-3-6-14)17-9-4-7-15(17)13-8-10-20-12-13/h1-3,5-6,8,10,12,15H,4,7,9,11H2. The molecule has 1 atom stereocenters. The van der Waals surface area contributed by atoms with Gasteiger partial charge >= 0.3 is 0 Å². The summed E-state index contributed by atoms with van der Waals surface area (Å²) in [6, 6.07) is 11.8. The van der Waals surface area contributed by atoms with Crippen molar-refractivity contribution in [3.63, 3.8) is 0 Å². The summed E-state index contributed by atoms with van der Waals surface area (Å²) in [6.45, 7) is 0.947. The molecule has 0 bridgehead atoms. The van der Waals surface area contributed by atoms with Gasteiger partial charge in [-0.05, 0) is 47.4 Å². The summed E-state index contributed by atoms with van der Waals surface area (Å²) in [5.74, 6) is 0.815. The van der Waals surface area contributed by atoms with Gasteiger partial charge in [0.25, 0.3) is 5.91 Å². The van der Waals surface area contributed by atoms with Crippen LogP contribution in [0.25, 0.3) is 0 Å². The van der Waals surface area contributed by atoms with E-state index in [-0.39, 0.29) is 18.6 Å². The van der Waals surface area contributed by atoms with E-state index in [1.54, 1.807) is 11.3 Å². The Kier molecular flexibility index (Phi) is 4.02. The topological polar surface area (TPSA) is 29.5 Å². The molecule has 104 valence electrons. The fourth-order valence-electron chi connectivity index (χ4n) is 2.62. The van der Waals surface area contributed by atoms with Gasteiger partial charge in [0.2, 0.25) is 0 Å². The van der Waals surface area contributed by atoms with Crippen LogP contribution in [-0.4, -0.2) is 24.0 Å². The van der Waals surface area contributed by atoms with Gasteiger partial charge in [-0.3, -0.25) is 4.79 Å². The largest absolute Gasteiger partial charge is 0.484 e. The predicted molar refractivity (Wildman–Crippen MR) is 79.9 cm³/mol. The molecular weight excluding hydrogens is 270 g/mol. The van der Waals surface area contributed by atoms with Crippen LogP contribution >= 0.6 is 11.3 Å². The van der Waals surface area contributed by atoms with Crippen LogP contribution in [0, 0.1) is 0 Å². The zero-order chi connectivity index (χ0) is 13.8. The first-order valence-corrected chi connectivity index (χ1v) is 7.78. The Hall–Kier alpha value is -1.81. The summed E-state index contributed by atoms with van der Waals surface area (Å²) in [5, 5.41) is 4.20. The number of para-hydroxylation sites is 1. The minimum absolute atomic E-state index is 0.0718. The normalized spacial score (nSPS) is 18.2. The van der Waals surface area contributed by atoms with Crippen LogP contribution in [-0.2, 0) is 4.79 Å². The quantitative estimate of drug-likeness (QED) is 0.861. The van der Waals surface area contributed by atoms with Crippen molar-refractivity contribution in [1.29, 1.82) is 0 Å². The lowest BCUT2D eigenvalue weighted by molar-refractivity contribution is -0.134. The van der Waals surface area contributed by atoms with E-state index in [9.17, 15) is 4.79 Å². The Balaban J connectivity index is 1.62. The number of likely N-dealkylation sites (tertiary alicyclic amines) is 1. The maximum Gasteiger partial charge on any atom is 0.261 e. The summed E-state index contributed by atoms with van der Waals surface area (Å²) in [5.41, 5.74) is 1.25. The Morgan fingerprint density at radius 3 is 2.90 bits per heavy atom. The number of amides is 1. The first-order chi connectivity index (χ1) is 9.84. The fraction of sp³-hybridized carbons (Fsp3) is 0.312. The maximum absolute atomic E-state index is 12.3. The van der Waals surface area contributed by atoms with E-state index in [2.05, 4.69) is 16.8 Å². The summed E-state index contributed by atoms with van der Waals surface area (Å²) < 4.78 is 5.56. The zero-order valence-electron chi connectivity index (χ0n) is 11.2. The lowest BCUT2D eigenvalue weighted by Gasteiger charge is -2.24. The number of ether oxygens (including phenoxy) is 1. The third-order valence-corrected chi connectivity index (χ3v) is 4.31. The van der Waals surface area contributed by atoms with Crippen molar-refractivity contribution >= 4 is 17.2 Å². The first-order valence-electron chi connectivity index (χ1n) is 6.84. The van der Waals surface area contributed by atoms with Crippen molar-refractivity contribution in [3.8, 4) is 5.75 Å². The molecule has 3 nitrogen and oxygen atoms in total. The summed E-state index contributed by atoms with van der Waals surface area (Å²) in [7, 11) is 0. The molecule has 1 fully saturated rings. The number of thiophene rings is 1. The molecule has 0 aliphatic carbocycles. The SMILES string of the molecule is O=C(COc1ccccc1)N1CCCC1c1ccsc1. The van der Waals surface area contributed by atoms with Crippen molar-refractivity contribution in [2.75, 3.05) is 13.2 Å². The van der Waals surface area contributed by atoms with Crippen LogP contribution in [0.2, 0.25) is 0 Å². The number of nitrogens with zero attached hydrogens (tertiary/aromatic N) is 1. The molecule has 1 aliphatic heterocycles. The van der Waals surface area contributed by atoms with Gasteiger partial charge in [-0.1, -0.05) is 18.2 Å². The monoisotopic (exact) mass is 287 g/mol. The van der Waals surface area contributed by atoms with Crippen molar-refractivity contribution in [3.05, 3.63) is 52.7 Å². The van der Waals surface area contributed by atoms with Crippen molar-refractivity contribution in [2.24, 2.45) is 0 Å². The minimum atomic E-state index is 0.0718. The second kappa shape index (κ2) is 6.09. The number of carbonyl (C=O) groups is 1. The van der Waals surface area contributed by atoms with Crippen LogP contribution < -0.4 is 4.74 Å². The Morgan fingerprint density at radius 2 is 2.15 bits per heavy atom. The van der Waals surface area contributed by atoms with E-state index in [1.807, 2.05) is 35.2 Å². The van der Waals surface area contributed by atoms with E-state index in [4.69, 9.17) is 4.74 Å². The molecule has 1 aromatic heterocycles. The molecular formula is C16H17NO2S. The van der Waals surface area contributed by atoms with Gasteiger partial charge in [0.15, 0.2) is 6.61 Å². The van der Waals surface area contributed by atoms with E-state index in [0.717, 1.165) is 25.1 Å². The van der Waals surface area contributed by atoms with Gasteiger partial charge in [0.1, 0.15) is 5.75 Å². The smallest absolute Gasteiger partial charge is 0.261 e. The highest BCUT2D eigenvalue weighted by Gasteiger charge is 2.30. The molecule has 2 aromatic rings. The Morgan fingerprint density at radius 1 is 1.30 bits per heavy atom. The molecule has 0 radical (unpaired) electrons. The number of carbonyl (C=O) groups excluding carboxylic acids is 1. The molecule has 2 heterocycles. The average molecular weight is 287 g/mol. The van der Waals surface area contributed by atoms with Gasteiger partial charge in [0.05, 0.1) is 6.04 Å². The number of hydrogen-bond donors (Lipinski definition) is 0. The first kappa shape index (κ1) is 13.2. The Labute approximate surface area is 122 Å². The molecule has 1 aliphatic rings. The van der Waals surface area contributed by atoms with Gasteiger partial charge in [0, 0.05) is 6.54 Å². The van der Waals surface area contributed by atoms with Crippen molar-refractivity contribution in [2.45, 2.75) is 18.9 Å². The highest BCUT2D eigenvalue weighted by Crippen LogP contribution is 2.33. The molecule has 1 amide bonds. The molecule has 4 heteroatoms. The molecule has 0 N–H and O–H groups in total. The van der Waals surface area contributed by atoms with Crippen LogP contribution in [0.5, 0.6) is 5.75 Å². The van der Waals surface area contributed by atoms with E-state index in [1.165, 1.54) is 5.56 Å². The predicted octanol–water partition coefficient (Wildman–Crippen LogP) is 3.49. The van der Waals surface area contributed by atoms with Gasteiger partial charge in [-0.15, -0.1) is 0 Å². The van der Waals surface area contributed by atoms with E-state index in [0.29, 0.717) is 0 Å². The molecule has 1 saturated heterocycles.